The number of hydrogen-bond donors (Lipinski definition) is 4. The van der Waals surface area contributed by atoms with E-state index >= 15 is 0 Å². The SMILES string of the molecule is NC(=O)[C@H](Cc1ccc([N+](=O)[O-])cc1)NC(=O)C[C@@H]1NC(=O)[C@H](Cc2ccccc2)NC1=O. The maximum atomic E-state index is 12.4. The second kappa shape index (κ2) is 10.4. The molecule has 33 heavy (non-hydrogen) atoms. The summed E-state index contributed by atoms with van der Waals surface area (Å²) in [5.74, 6) is -2.37. The number of amides is 4. The van der Waals surface area contributed by atoms with Gasteiger partial charge in [-0.1, -0.05) is 42.5 Å². The van der Waals surface area contributed by atoms with Crippen molar-refractivity contribution in [2.45, 2.75) is 37.4 Å². The Labute approximate surface area is 188 Å². The van der Waals surface area contributed by atoms with Gasteiger partial charge in [-0.3, -0.25) is 29.3 Å². The van der Waals surface area contributed by atoms with E-state index in [2.05, 4.69) is 16.0 Å². The summed E-state index contributed by atoms with van der Waals surface area (Å²) in [4.78, 5) is 59.3. The lowest BCUT2D eigenvalue weighted by atomic mass is 10.0. The maximum absolute atomic E-state index is 12.4. The van der Waals surface area contributed by atoms with Gasteiger partial charge in [0.05, 0.1) is 11.3 Å². The molecule has 0 radical (unpaired) electrons. The smallest absolute Gasteiger partial charge is 0.269 e. The van der Waals surface area contributed by atoms with Crippen LogP contribution in [-0.2, 0) is 32.0 Å². The summed E-state index contributed by atoms with van der Waals surface area (Å²) in [5, 5.41) is 18.4. The Balaban J connectivity index is 1.56. The summed E-state index contributed by atoms with van der Waals surface area (Å²) in [7, 11) is 0. The van der Waals surface area contributed by atoms with Gasteiger partial charge < -0.3 is 21.7 Å². The quantitative estimate of drug-likeness (QED) is 0.300. The highest BCUT2D eigenvalue weighted by Crippen LogP contribution is 2.14. The number of piperazine rings is 1. The van der Waals surface area contributed by atoms with E-state index in [-0.39, 0.29) is 18.5 Å². The first-order valence-corrected chi connectivity index (χ1v) is 10.2. The number of carbonyl (C=O) groups excluding carboxylic acids is 4. The molecule has 11 nitrogen and oxygen atoms in total. The van der Waals surface area contributed by atoms with Crippen LogP contribution in [0.25, 0.3) is 0 Å². The van der Waals surface area contributed by atoms with Crippen molar-refractivity contribution in [3.05, 3.63) is 75.8 Å². The highest BCUT2D eigenvalue weighted by Gasteiger charge is 2.35. The molecule has 1 saturated heterocycles. The van der Waals surface area contributed by atoms with Crippen molar-refractivity contribution in [1.82, 2.24) is 16.0 Å². The third kappa shape index (κ3) is 6.35. The van der Waals surface area contributed by atoms with Crippen molar-refractivity contribution >= 4 is 29.3 Å². The molecule has 0 aliphatic carbocycles. The number of nitrogens with two attached hydrogens (primary N) is 1. The fourth-order valence-electron chi connectivity index (χ4n) is 3.46. The molecule has 1 heterocycles. The maximum Gasteiger partial charge on any atom is 0.269 e. The first-order chi connectivity index (χ1) is 15.7. The summed E-state index contributed by atoms with van der Waals surface area (Å²) in [5.41, 5.74) is 6.70. The molecule has 2 aromatic carbocycles. The largest absolute Gasteiger partial charge is 0.368 e. The Bertz CT molecular complexity index is 1060. The molecule has 0 bridgehead atoms. The Hall–Kier alpha value is -4.28. The first kappa shape index (κ1) is 23.4. The zero-order chi connectivity index (χ0) is 24.0. The molecule has 2 aromatic rings. The van der Waals surface area contributed by atoms with E-state index in [0.717, 1.165) is 5.56 Å². The number of primary amides is 1. The van der Waals surface area contributed by atoms with Gasteiger partial charge in [0.15, 0.2) is 0 Å². The topological polar surface area (TPSA) is 174 Å². The lowest BCUT2D eigenvalue weighted by molar-refractivity contribution is -0.384. The number of non-ortho nitro benzene ring substituents is 1. The fourth-order valence-corrected chi connectivity index (χ4v) is 3.46. The van der Waals surface area contributed by atoms with Gasteiger partial charge in [-0.2, -0.15) is 0 Å². The third-order valence-corrected chi connectivity index (χ3v) is 5.20. The van der Waals surface area contributed by atoms with Gasteiger partial charge in [0.2, 0.25) is 23.6 Å². The monoisotopic (exact) mass is 453 g/mol. The molecule has 172 valence electrons. The first-order valence-electron chi connectivity index (χ1n) is 10.2. The molecule has 1 aliphatic rings. The van der Waals surface area contributed by atoms with E-state index in [1.807, 2.05) is 30.3 Å². The van der Waals surface area contributed by atoms with E-state index in [4.69, 9.17) is 5.73 Å². The summed E-state index contributed by atoms with van der Waals surface area (Å²) >= 11 is 0. The molecule has 3 atom stereocenters. The van der Waals surface area contributed by atoms with Gasteiger partial charge >= 0.3 is 0 Å². The predicted molar refractivity (Wildman–Crippen MR) is 117 cm³/mol. The fraction of sp³-hybridized carbons (Fsp3) is 0.273. The summed E-state index contributed by atoms with van der Waals surface area (Å²) in [6, 6.07) is 11.7. The normalized spacial score (nSPS) is 18.5. The number of rotatable bonds is 9. The molecule has 0 unspecified atom stereocenters. The average molecular weight is 453 g/mol. The van der Waals surface area contributed by atoms with E-state index < -0.39 is 46.7 Å². The van der Waals surface area contributed by atoms with Crippen molar-refractivity contribution in [2.24, 2.45) is 5.73 Å². The van der Waals surface area contributed by atoms with Crippen LogP contribution in [-0.4, -0.2) is 46.7 Å². The summed E-state index contributed by atoms with van der Waals surface area (Å²) in [6.45, 7) is 0. The molecule has 1 aliphatic heterocycles. The minimum absolute atomic E-state index is 0.0153. The van der Waals surface area contributed by atoms with Crippen molar-refractivity contribution in [3.8, 4) is 0 Å². The number of hydrogen-bond acceptors (Lipinski definition) is 6. The lowest BCUT2D eigenvalue weighted by Gasteiger charge is -2.29. The van der Waals surface area contributed by atoms with Gasteiger partial charge in [-0.15, -0.1) is 0 Å². The van der Waals surface area contributed by atoms with E-state index in [1.54, 1.807) is 0 Å². The molecule has 1 fully saturated rings. The van der Waals surface area contributed by atoms with Crippen molar-refractivity contribution in [3.63, 3.8) is 0 Å². The van der Waals surface area contributed by atoms with Gasteiger partial charge in [0.1, 0.15) is 18.1 Å². The van der Waals surface area contributed by atoms with Crippen LogP contribution >= 0.6 is 0 Å². The Morgan fingerprint density at radius 2 is 1.58 bits per heavy atom. The minimum atomic E-state index is -1.09. The summed E-state index contributed by atoms with van der Waals surface area (Å²) in [6.07, 6.45) is -0.0442. The number of nitrogens with one attached hydrogen (secondary N) is 3. The highest BCUT2D eigenvalue weighted by molar-refractivity contribution is 5.99. The van der Waals surface area contributed by atoms with E-state index in [1.165, 1.54) is 24.3 Å². The zero-order valence-electron chi connectivity index (χ0n) is 17.5. The zero-order valence-corrected chi connectivity index (χ0v) is 17.5. The molecule has 0 spiro atoms. The van der Waals surface area contributed by atoms with Crippen molar-refractivity contribution in [1.29, 1.82) is 0 Å². The number of nitro benzene ring substituents is 1. The Morgan fingerprint density at radius 3 is 2.18 bits per heavy atom. The van der Waals surface area contributed by atoms with E-state index in [0.29, 0.717) is 12.0 Å². The average Bonchev–Trinajstić information content (AvgIpc) is 2.77. The second-order valence-corrected chi connectivity index (χ2v) is 7.67. The van der Waals surface area contributed by atoms with Crippen LogP contribution in [0.4, 0.5) is 5.69 Å². The molecule has 5 N–H and O–H groups in total. The van der Waals surface area contributed by atoms with Crippen LogP contribution in [0.15, 0.2) is 54.6 Å². The van der Waals surface area contributed by atoms with Crippen LogP contribution in [0.5, 0.6) is 0 Å². The predicted octanol–water partition coefficient (Wildman–Crippen LogP) is -0.277. The van der Waals surface area contributed by atoms with Crippen molar-refractivity contribution in [2.75, 3.05) is 0 Å². The van der Waals surface area contributed by atoms with Crippen LogP contribution in [0.3, 0.4) is 0 Å². The lowest BCUT2D eigenvalue weighted by Crippen LogP contribution is -2.63. The molecular formula is C22H23N5O6. The molecule has 11 heteroatoms. The van der Waals surface area contributed by atoms with E-state index in [9.17, 15) is 29.3 Å². The molecule has 3 rings (SSSR count). The highest BCUT2D eigenvalue weighted by atomic mass is 16.6. The van der Waals surface area contributed by atoms with Crippen molar-refractivity contribution < 1.29 is 24.1 Å². The number of benzene rings is 2. The van der Waals surface area contributed by atoms with Crippen LogP contribution < -0.4 is 21.7 Å². The van der Waals surface area contributed by atoms with Crippen LogP contribution in [0, 0.1) is 10.1 Å². The second-order valence-electron chi connectivity index (χ2n) is 7.67. The van der Waals surface area contributed by atoms with Gasteiger partial charge in [-0.05, 0) is 11.1 Å². The van der Waals surface area contributed by atoms with Gasteiger partial charge in [-0.25, -0.2) is 0 Å². The van der Waals surface area contributed by atoms with Crippen LogP contribution in [0.1, 0.15) is 17.5 Å². The molecule has 4 amide bonds. The third-order valence-electron chi connectivity index (χ3n) is 5.20. The number of nitrogens with zero attached hydrogens (tertiary/aromatic N) is 1. The Morgan fingerprint density at radius 1 is 0.970 bits per heavy atom. The van der Waals surface area contributed by atoms with Gasteiger partial charge in [0, 0.05) is 25.0 Å². The molecule has 0 saturated carbocycles. The Kier molecular flexibility index (Phi) is 7.34. The number of nitro groups is 1. The molecule has 0 aromatic heterocycles. The molecular weight excluding hydrogens is 430 g/mol. The summed E-state index contributed by atoms with van der Waals surface area (Å²) < 4.78 is 0. The number of carbonyl (C=O) groups is 4. The van der Waals surface area contributed by atoms with Gasteiger partial charge in [0.25, 0.3) is 5.69 Å². The minimum Gasteiger partial charge on any atom is -0.368 e. The standard InChI is InChI=1S/C22H23N5O6/c23-20(29)16(10-14-6-8-15(9-7-14)27(32)33)24-19(28)12-18-22(31)25-17(21(30)26-18)11-13-4-2-1-3-5-13/h1-9,16-18H,10-12H2,(H2,23,29)(H,24,28)(H,25,31)(H,26,30)/t16-,17-,18-/m0/s1. The van der Waals surface area contributed by atoms with Crippen LogP contribution in [0.2, 0.25) is 0 Å².